The maximum atomic E-state index is 5.81. The monoisotopic (exact) mass is 308 g/mol. The van der Waals surface area contributed by atoms with Crippen molar-refractivity contribution in [3.63, 3.8) is 0 Å². The van der Waals surface area contributed by atoms with Gasteiger partial charge in [0.15, 0.2) is 4.34 Å². The SMILES string of the molecule is Clc1ncnc(Sc2nncs2)c1Br. The van der Waals surface area contributed by atoms with Crippen LogP contribution in [-0.4, -0.2) is 20.2 Å². The first-order valence-electron chi connectivity index (χ1n) is 3.37. The third-order valence-electron chi connectivity index (χ3n) is 1.24. The molecule has 0 aliphatic heterocycles. The standard InChI is InChI=1S/C6H2BrClN4S2/c7-3-4(8)9-1-10-5(3)14-6-12-11-2-13-6/h1-2H. The summed E-state index contributed by atoms with van der Waals surface area (Å²) in [6.07, 6.45) is 1.41. The maximum absolute atomic E-state index is 5.81. The summed E-state index contributed by atoms with van der Waals surface area (Å²) in [7, 11) is 0. The Bertz CT molecular complexity index is 435. The molecular weight excluding hydrogens is 308 g/mol. The molecule has 0 aliphatic rings. The van der Waals surface area contributed by atoms with Gasteiger partial charge in [0.1, 0.15) is 22.0 Å². The van der Waals surface area contributed by atoms with Crippen molar-refractivity contribution >= 4 is 50.6 Å². The highest BCUT2D eigenvalue weighted by atomic mass is 79.9. The maximum Gasteiger partial charge on any atom is 0.180 e. The Labute approximate surface area is 101 Å². The summed E-state index contributed by atoms with van der Waals surface area (Å²) in [6.45, 7) is 0. The molecule has 0 N–H and O–H groups in total. The van der Waals surface area contributed by atoms with Gasteiger partial charge >= 0.3 is 0 Å². The van der Waals surface area contributed by atoms with Crippen LogP contribution in [0.1, 0.15) is 0 Å². The zero-order chi connectivity index (χ0) is 9.97. The first-order chi connectivity index (χ1) is 6.77. The molecule has 0 aromatic carbocycles. The quantitative estimate of drug-likeness (QED) is 0.798. The second-order valence-corrected chi connectivity index (χ2v) is 5.31. The van der Waals surface area contributed by atoms with Crippen LogP contribution in [0.2, 0.25) is 5.15 Å². The second-order valence-electron chi connectivity index (χ2n) is 2.09. The van der Waals surface area contributed by atoms with Crippen molar-refractivity contribution in [3.8, 4) is 0 Å². The van der Waals surface area contributed by atoms with E-state index in [1.807, 2.05) is 0 Å². The molecule has 0 amide bonds. The van der Waals surface area contributed by atoms with Crippen molar-refractivity contribution in [2.45, 2.75) is 9.37 Å². The van der Waals surface area contributed by atoms with Gasteiger partial charge in [0, 0.05) is 0 Å². The van der Waals surface area contributed by atoms with E-state index >= 15 is 0 Å². The molecule has 2 heterocycles. The molecule has 0 saturated heterocycles. The van der Waals surface area contributed by atoms with Gasteiger partial charge in [0.05, 0.1) is 4.47 Å². The van der Waals surface area contributed by atoms with Gasteiger partial charge in [-0.1, -0.05) is 22.9 Å². The van der Waals surface area contributed by atoms with Crippen LogP contribution in [0, 0.1) is 0 Å². The zero-order valence-electron chi connectivity index (χ0n) is 6.52. The van der Waals surface area contributed by atoms with E-state index in [0.717, 1.165) is 9.37 Å². The molecule has 4 nitrogen and oxygen atoms in total. The van der Waals surface area contributed by atoms with Gasteiger partial charge in [-0.3, -0.25) is 0 Å². The lowest BCUT2D eigenvalue weighted by Crippen LogP contribution is -1.85. The van der Waals surface area contributed by atoms with Crippen LogP contribution in [-0.2, 0) is 0 Å². The van der Waals surface area contributed by atoms with Crippen molar-refractivity contribution in [2.75, 3.05) is 0 Å². The number of halogens is 2. The molecule has 2 rings (SSSR count). The van der Waals surface area contributed by atoms with Crippen LogP contribution in [0.3, 0.4) is 0 Å². The highest BCUT2D eigenvalue weighted by Crippen LogP contribution is 2.34. The zero-order valence-corrected chi connectivity index (χ0v) is 10.5. The van der Waals surface area contributed by atoms with Gasteiger partial charge in [-0.25, -0.2) is 9.97 Å². The van der Waals surface area contributed by atoms with Crippen molar-refractivity contribution in [1.82, 2.24) is 20.2 Å². The molecule has 2 aromatic heterocycles. The molecular formula is C6H2BrClN4S2. The Morgan fingerprint density at radius 1 is 1.43 bits per heavy atom. The van der Waals surface area contributed by atoms with Crippen molar-refractivity contribution in [2.24, 2.45) is 0 Å². The van der Waals surface area contributed by atoms with Crippen LogP contribution in [0.15, 0.2) is 25.7 Å². The predicted octanol–water partition coefficient (Wildman–Crippen LogP) is 2.90. The fourth-order valence-corrected chi connectivity index (χ4v) is 2.71. The highest BCUT2D eigenvalue weighted by Gasteiger charge is 2.09. The highest BCUT2D eigenvalue weighted by molar-refractivity contribution is 9.10. The predicted molar refractivity (Wildman–Crippen MR) is 58.8 cm³/mol. The lowest BCUT2D eigenvalue weighted by Gasteiger charge is -1.99. The van der Waals surface area contributed by atoms with E-state index in [9.17, 15) is 0 Å². The third-order valence-corrected chi connectivity index (χ3v) is 4.55. The van der Waals surface area contributed by atoms with Crippen molar-refractivity contribution < 1.29 is 0 Å². The topological polar surface area (TPSA) is 51.6 Å². The van der Waals surface area contributed by atoms with Crippen LogP contribution in [0.4, 0.5) is 0 Å². The third kappa shape index (κ3) is 2.22. The smallest absolute Gasteiger partial charge is 0.180 e. The van der Waals surface area contributed by atoms with Crippen molar-refractivity contribution in [1.29, 1.82) is 0 Å². The Morgan fingerprint density at radius 3 is 3.00 bits per heavy atom. The minimum atomic E-state index is 0.395. The molecule has 8 heteroatoms. The number of aromatic nitrogens is 4. The Hall–Kier alpha value is -0.240. The van der Waals surface area contributed by atoms with E-state index in [0.29, 0.717) is 9.63 Å². The van der Waals surface area contributed by atoms with Crippen LogP contribution < -0.4 is 0 Å². The molecule has 0 unspecified atom stereocenters. The molecule has 0 saturated carbocycles. The van der Waals surface area contributed by atoms with Gasteiger partial charge in [-0.15, -0.1) is 10.2 Å². The molecule has 0 spiro atoms. The average molecular weight is 310 g/mol. The summed E-state index contributed by atoms with van der Waals surface area (Å²) in [4.78, 5) is 7.90. The molecule has 0 bridgehead atoms. The van der Waals surface area contributed by atoms with E-state index in [2.05, 4.69) is 36.1 Å². The first kappa shape index (κ1) is 10.3. The van der Waals surface area contributed by atoms with E-state index in [1.54, 1.807) is 5.51 Å². The minimum Gasteiger partial charge on any atom is -0.228 e. The summed E-state index contributed by atoms with van der Waals surface area (Å²) >= 11 is 12.0. The second kappa shape index (κ2) is 4.52. The fraction of sp³-hybridized carbons (Fsp3) is 0. The number of hydrogen-bond acceptors (Lipinski definition) is 6. The van der Waals surface area contributed by atoms with Gasteiger partial charge in [0.25, 0.3) is 0 Å². The number of nitrogens with zero attached hydrogens (tertiary/aromatic N) is 4. The van der Waals surface area contributed by atoms with E-state index in [4.69, 9.17) is 11.6 Å². The van der Waals surface area contributed by atoms with Gasteiger partial charge in [0.2, 0.25) is 0 Å². The summed E-state index contributed by atoms with van der Waals surface area (Å²) in [5.41, 5.74) is 1.67. The van der Waals surface area contributed by atoms with E-state index in [-0.39, 0.29) is 0 Å². The normalized spacial score (nSPS) is 10.4. The molecule has 0 aliphatic carbocycles. The molecule has 0 radical (unpaired) electrons. The molecule has 0 atom stereocenters. The Morgan fingerprint density at radius 2 is 2.29 bits per heavy atom. The molecule has 0 fully saturated rings. The summed E-state index contributed by atoms with van der Waals surface area (Å²) < 4.78 is 1.50. The summed E-state index contributed by atoms with van der Waals surface area (Å²) in [5.74, 6) is 0. The van der Waals surface area contributed by atoms with Gasteiger partial charge in [-0.2, -0.15) is 0 Å². The van der Waals surface area contributed by atoms with E-state index < -0.39 is 0 Å². The lowest BCUT2D eigenvalue weighted by molar-refractivity contribution is 0.992. The summed E-state index contributed by atoms with van der Waals surface area (Å²) in [6, 6.07) is 0. The Balaban J connectivity index is 2.29. The van der Waals surface area contributed by atoms with Crippen LogP contribution in [0.25, 0.3) is 0 Å². The molecule has 14 heavy (non-hydrogen) atoms. The number of rotatable bonds is 2. The molecule has 2 aromatic rings. The van der Waals surface area contributed by atoms with E-state index in [1.165, 1.54) is 29.4 Å². The lowest BCUT2D eigenvalue weighted by atomic mass is 10.7. The number of hydrogen-bond donors (Lipinski definition) is 0. The van der Waals surface area contributed by atoms with Crippen LogP contribution in [0.5, 0.6) is 0 Å². The Kier molecular flexibility index (Phi) is 3.32. The largest absolute Gasteiger partial charge is 0.228 e. The van der Waals surface area contributed by atoms with Gasteiger partial charge in [-0.05, 0) is 27.7 Å². The van der Waals surface area contributed by atoms with Gasteiger partial charge < -0.3 is 0 Å². The fourth-order valence-electron chi connectivity index (χ4n) is 0.695. The first-order valence-corrected chi connectivity index (χ1v) is 6.24. The summed E-state index contributed by atoms with van der Waals surface area (Å²) in [5, 5.41) is 8.75. The van der Waals surface area contributed by atoms with Crippen LogP contribution >= 0.6 is 50.6 Å². The molecule has 72 valence electrons. The van der Waals surface area contributed by atoms with Crippen molar-refractivity contribution in [3.05, 3.63) is 21.5 Å². The minimum absolute atomic E-state index is 0.395. The average Bonchev–Trinajstić information content (AvgIpc) is 2.66.